The lowest BCUT2D eigenvalue weighted by molar-refractivity contribution is -0.153. The molecule has 10 nitrogen and oxygen atoms in total. The zero-order valence-corrected chi connectivity index (χ0v) is 22.0. The van der Waals surface area contributed by atoms with E-state index in [1.807, 2.05) is 20.8 Å². The first-order valence-electron chi connectivity index (χ1n) is 11.1. The molecule has 0 unspecified atom stereocenters. The number of nitrogens with zero attached hydrogens (tertiary/aromatic N) is 3. The van der Waals surface area contributed by atoms with E-state index >= 15 is 0 Å². The normalized spacial score (nSPS) is 17.8. The van der Waals surface area contributed by atoms with Gasteiger partial charge >= 0.3 is 12.2 Å². The predicted molar refractivity (Wildman–Crippen MR) is 130 cm³/mol. The van der Waals surface area contributed by atoms with E-state index in [0.29, 0.717) is 22.0 Å². The third-order valence-corrected chi connectivity index (χ3v) is 11.3. The van der Waals surface area contributed by atoms with Gasteiger partial charge in [0.25, 0.3) is 5.89 Å². The van der Waals surface area contributed by atoms with Crippen molar-refractivity contribution in [3.8, 4) is 17.3 Å². The molecule has 2 aromatic heterocycles. The number of aryl methyl sites for hydroxylation is 1. The van der Waals surface area contributed by atoms with E-state index in [0.717, 1.165) is 0 Å². The van der Waals surface area contributed by atoms with E-state index < -0.39 is 60.5 Å². The summed E-state index contributed by atoms with van der Waals surface area (Å²) in [4.78, 5) is 4.63. The molecular weight excluding hydrogens is 537 g/mol. The smallest absolute Gasteiger partial charge is 0.422 e. The number of hydrogen-bond donors (Lipinski definition) is 1. The zero-order chi connectivity index (χ0) is 27.4. The molecule has 1 saturated heterocycles. The molecule has 1 aliphatic rings. The number of rotatable bonds is 6. The minimum Gasteiger partial charge on any atom is -0.484 e. The van der Waals surface area contributed by atoms with Gasteiger partial charge in [0, 0.05) is 5.39 Å². The van der Waals surface area contributed by atoms with E-state index in [1.54, 1.807) is 13.0 Å². The van der Waals surface area contributed by atoms with Crippen LogP contribution in [0.15, 0.2) is 22.6 Å². The van der Waals surface area contributed by atoms with Crippen molar-refractivity contribution in [1.29, 1.82) is 0 Å². The number of halogens is 3. The lowest BCUT2D eigenvalue weighted by Gasteiger charge is -2.23. The Hall–Kier alpha value is -2.94. The Bertz CT molecular complexity index is 1530. The first-order valence-corrected chi connectivity index (χ1v) is 14.6. The molecule has 3 aromatic rings. The molecule has 0 amide bonds. The van der Waals surface area contributed by atoms with Crippen molar-refractivity contribution in [3.63, 3.8) is 0 Å². The second-order valence-corrected chi connectivity index (χ2v) is 14.7. The maximum absolute atomic E-state index is 12.7. The topological polar surface area (TPSA) is 141 Å². The summed E-state index contributed by atoms with van der Waals surface area (Å²) in [5, 5.41) is 10.9. The summed E-state index contributed by atoms with van der Waals surface area (Å²) < 4.78 is 95.3. The van der Waals surface area contributed by atoms with Crippen LogP contribution in [0.3, 0.4) is 0 Å². The Morgan fingerprint density at radius 3 is 2.30 bits per heavy atom. The average molecular weight is 563 g/mol. The average Bonchev–Trinajstić information content (AvgIpc) is 3.31. The molecule has 37 heavy (non-hydrogen) atoms. The fraction of sp³-hybridized carbons (Fsp3) is 0.500. The Labute approximate surface area is 211 Å². The van der Waals surface area contributed by atoms with Crippen LogP contribution in [0.1, 0.15) is 31.9 Å². The Morgan fingerprint density at radius 2 is 1.70 bits per heavy atom. The molecular formula is C22H25F3N4O6S2. The summed E-state index contributed by atoms with van der Waals surface area (Å²) in [5.74, 6) is -0.818. The van der Waals surface area contributed by atoms with E-state index in [4.69, 9.17) is 9.15 Å². The molecule has 1 fully saturated rings. The molecule has 0 atom stereocenters. The van der Waals surface area contributed by atoms with E-state index in [-0.39, 0.29) is 23.3 Å². The van der Waals surface area contributed by atoms with Gasteiger partial charge in [-0.15, -0.1) is 5.10 Å². The van der Waals surface area contributed by atoms with Gasteiger partial charge in [-0.3, -0.25) is 0 Å². The third-order valence-electron chi connectivity index (χ3n) is 5.82. The zero-order valence-electron chi connectivity index (χ0n) is 20.4. The Morgan fingerprint density at radius 1 is 1.05 bits per heavy atom. The van der Waals surface area contributed by atoms with E-state index in [2.05, 4.69) is 20.5 Å². The van der Waals surface area contributed by atoms with Gasteiger partial charge in [0.05, 0.1) is 23.6 Å². The van der Waals surface area contributed by atoms with Gasteiger partial charge in [-0.05, 0) is 41.7 Å². The van der Waals surface area contributed by atoms with Crippen molar-refractivity contribution in [2.24, 2.45) is 0 Å². The van der Waals surface area contributed by atoms with Crippen LogP contribution in [0.25, 0.3) is 22.5 Å². The van der Waals surface area contributed by atoms with Gasteiger partial charge in [-0.2, -0.15) is 13.2 Å². The largest absolute Gasteiger partial charge is 0.484 e. The number of hydrogen-bond acceptors (Lipinski definition) is 10. The van der Waals surface area contributed by atoms with Crippen molar-refractivity contribution in [1.82, 2.24) is 15.2 Å². The number of alkyl halides is 3. The molecule has 1 aliphatic heterocycles. The fourth-order valence-corrected chi connectivity index (χ4v) is 9.36. The summed E-state index contributed by atoms with van der Waals surface area (Å²) in [6.07, 6.45) is -4.48. The number of benzene rings is 1. The van der Waals surface area contributed by atoms with Crippen molar-refractivity contribution >= 4 is 36.6 Å². The highest BCUT2D eigenvalue weighted by molar-refractivity contribution is 8.12. The lowest BCUT2D eigenvalue weighted by atomic mass is 9.84. The Kier molecular flexibility index (Phi) is 6.68. The van der Waals surface area contributed by atoms with Crippen LogP contribution < -0.4 is 10.1 Å². The van der Waals surface area contributed by atoms with Crippen LogP contribution in [0.5, 0.6) is 5.75 Å². The second kappa shape index (κ2) is 9.11. The highest BCUT2D eigenvalue weighted by Gasteiger charge is 2.44. The number of anilines is 1. The summed E-state index contributed by atoms with van der Waals surface area (Å²) in [6.45, 7) is 5.55. The van der Waals surface area contributed by atoms with Gasteiger partial charge in [-0.25, -0.2) is 21.8 Å². The molecule has 0 aliphatic carbocycles. The third kappa shape index (κ3) is 5.81. The van der Waals surface area contributed by atoms with Crippen LogP contribution in [0.2, 0.25) is 0 Å². The first-order chi connectivity index (χ1) is 17.0. The SMILES string of the molecule is Cc1cc(-c2nnc(NCC3S(=O)(=O)CCS3(=O)=O)o2)nc2c(C(C)(C)C)cc(OCC(F)(F)F)cc12. The molecule has 1 aromatic carbocycles. The quantitative estimate of drug-likeness (QED) is 0.475. The molecule has 0 bridgehead atoms. The number of sulfone groups is 2. The van der Waals surface area contributed by atoms with E-state index in [1.165, 1.54) is 12.1 Å². The maximum Gasteiger partial charge on any atom is 0.422 e. The molecule has 0 spiro atoms. The molecule has 0 saturated carbocycles. The molecule has 3 heterocycles. The minimum absolute atomic E-state index is 0.0121. The molecule has 15 heteroatoms. The second-order valence-electron chi connectivity index (χ2n) is 9.80. The first kappa shape index (κ1) is 27.1. The Balaban J connectivity index is 1.66. The molecule has 1 N–H and O–H groups in total. The van der Waals surface area contributed by atoms with Crippen molar-refractivity contribution in [2.45, 2.75) is 43.9 Å². The molecule has 0 radical (unpaired) electrons. The highest BCUT2D eigenvalue weighted by atomic mass is 32.3. The van der Waals surface area contributed by atoms with Gasteiger partial charge in [-0.1, -0.05) is 25.9 Å². The summed E-state index contributed by atoms with van der Waals surface area (Å²) in [6, 6.07) is 4.45. The molecule has 202 valence electrons. The van der Waals surface area contributed by atoms with Gasteiger partial charge in [0.1, 0.15) is 11.4 Å². The van der Waals surface area contributed by atoms with Crippen molar-refractivity contribution < 1.29 is 39.2 Å². The fourth-order valence-electron chi connectivity index (χ4n) is 3.94. The lowest BCUT2D eigenvalue weighted by Crippen LogP contribution is -2.31. The summed E-state index contributed by atoms with van der Waals surface area (Å²) >= 11 is 0. The van der Waals surface area contributed by atoms with Crippen molar-refractivity contribution in [3.05, 3.63) is 29.3 Å². The van der Waals surface area contributed by atoms with Crippen molar-refractivity contribution in [2.75, 3.05) is 30.0 Å². The number of fused-ring (bicyclic) bond motifs is 1. The number of pyridine rings is 1. The van der Waals surface area contributed by atoms with Gasteiger partial charge in [0.2, 0.25) is 0 Å². The van der Waals surface area contributed by atoms with Crippen LogP contribution in [-0.4, -0.2) is 67.4 Å². The predicted octanol–water partition coefficient (Wildman–Crippen LogP) is 3.41. The van der Waals surface area contributed by atoms with Crippen LogP contribution in [0.4, 0.5) is 19.2 Å². The monoisotopic (exact) mass is 562 g/mol. The minimum atomic E-state index is -4.48. The number of aromatic nitrogens is 3. The van der Waals surface area contributed by atoms with Gasteiger partial charge in [0.15, 0.2) is 30.9 Å². The van der Waals surface area contributed by atoms with Crippen LogP contribution in [-0.2, 0) is 25.1 Å². The van der Waals surface area contributed by atoms with Crippen LogP contribution in [0, 0.1) is 6.92 Å². The maximum atomic E-state index is 12.7. The summed E-state index contributed by atoms with van der Waals surface area (Å²) in [5.41, 5.74) is 1.59. The van der Waals surface area contributed by atoms with Gasteiger partial charge < -0.3 is 14.5 Å². The van der Waals surface area contributed by atoms with E-state index in [9.17, 15) is 30.0 Å². The molecule has 4 rings (SSSR count). The number of ether oxygens (including phenoxy) is 1. The number of nitrogens with one attached hydrogen (secondary N) is 1. The standard InChI is InChI=1S/C22H25F3N4O6S2/c1-12-7-16(19-28-29-20(35-19)26-10-17-36(30,31)5-6-37(17,32)33)27-18-14(12)8-13(34-11-22(23,24)25)9-15(18)21(2,3)4/h7-9,17H,5-6,10-11H2,1-4H3,(H,26,29). The highest BCUT2D eigenvalue weighted by Crippen LogP contribution is 2.36. The van der Waals surface area contributed by atoms with Crippen LogP contribution >= 0.6 is 0 Å². The summed E-state index contributed by atoms with van der Waals surface area (Å²) in [7, 11) is -7.60.